The third kappa shape index (κ3) is 2.57. The van der Waals surface area contributed by atoms with Crippen LogP contribution >= 0.6 is 0 Å². The minimum absolute atomic E-state index is 0.257. The second kappa shape index (κ2) is 6.54. The number of benzene rings is 1. The van der Waals surface area contributed by atoms with Crippen LogP contribution < -0.4 is 9.30 Å². The van der Waals surface area contributed by atoms with E-state index >= 15 is 0 Å². The van der Waals surface area contributed by atoms with E-state index in [0.29, 0.717) is 17.5 Å². The minimum atomic E-state index is -0.790. The van der Waals surface area contributed by atoms with Gasteiger partial charge in [0.1, 0.15) is 22.9 Å². The molecule has 150 valence electrons. The summed E-state index contributed by atoms with van der Waals surface area (Å²) >= 11 is 0. The van der Waals surface area contributed by atoms with Crippen LogP contribution in [0.25, 0.3) is 5.69 Å². The van der Waals surface area contributed by atoms with Crippen molar-refractivity contribution in [3.05, 3.63) is 35.7 Å². The van der Waals surface area contributed by atoms with Crippen LogP contribution in [-0.2, 0) is 9.59 Å². The lowest BCUT2D eigenvalue weighted by atomic mass is 10.1. The molecule has 2 aromatic rings. The number of para-hydroxylation sites is 2. The summed E-state index contributed by atoms with van der Waals surface area (Å²) in [4.78, 5) is 44.4. The second-order valence-electron chi connectivity index (χ2n) is 7.19. The van der Waals surface area contributed by atoms with Crippen molar-refractivity contribution in [2.75, 3.05) is 20.7 Å². The summed E-state index contributed by atoms with van der Waals surface area (Å²) in [5.74, 6) is 0.830. The zero-order chi connectivity index (χ0) is 21.0. The van der Waals surface area contributed by atoms with E-state index in [0.717, 1.165) is 22.0 Å². The molecule has 0 saturated carbocycles. The minimum Gasteiger partial charge on any atom is -0.493 e. The summed E-state index contributed by atoms with van der Waals surface area (Å²) in [7, 11) is 3.16. The molecule has 9 heteroatoms. The summed E-state index contributed by atoms with van der Waals surface area (Å²) < 4.78 is 9.24. The van der Waals surface area contributed by atoms with E-state index in [1.54, 1.807) is 14.2 Å². The van der Waals surface area contributed by atoms with Crippen molar-refractivity contribution in [1.82, 2.24) is 14.4 Å². The highest BCUT2D eigenvalue weighted by molar-refractivity contribution is 6.19. The number of Topliss-reactive ketones (excluding diaryl/α,β-unsaturated/α-hetero) is 1. The van der Waals surface area contributed by atoms with Crippen molar-refractivity contribution < 1.29 is 23.7 Å². The van der Waals surface area contributed by atoms with Gasteiger partial charge >= 0.3 is 12.0 Å². The molecule has 1 aromatic heterocycles. The molecule has 1 atom stereocenters. The van der Waals surface area contributed by atoms with E-state index in [4.69, 9.17) is 4.74 Å². The van der Waals surface area contributed by atoms with Crippen molar-refractivity contribution in [2.24, 2.45) is 4.99 Å². The van der Waals surface area contributed by atoms with Crippen LogP contribution in [0, 0.1) is 13.8 Å². The first-order chi connectivity index (χ1) is 13.8. The van der Waals surface area contributed by atoms with Gasteiger partial charge in [-0.15, -0.1) is 0 Å². The quantitative estimate of drug-likeness (QED) is 0.732. The summed E-state index contributed by atoms with van der Waals surface area (Å²) in [6, 6.07) is 6.20. The maximum absolute atomic E-state index is 13.2. The average Bonchev–Trinajstić information content (AvgIpc) is 3.19. The average molecular weight is 396 g/mol. The van der Waals surface area contributed by atoms with Gasteiger partial charge in [0.15, 0.2) is 5.75 Å². The first kappa shape index (κ1) is 18.9. The van der Waals surface area contributed by atoms with E-state index < -0.39 is 18.0 Å². The summed E-state index contributed by atoms with van der Waals surface area (Å²) in [5, 5.41) is 0. The number of hydrogen-bond donors (Lipinski definition) is 0. The molecule has 29 heavy (non-hydrogen) atoms. The molecule has 3 heterocycles. The van der Waals surface area contributed by atoms with Crippen LogP contribution in [0.2, 0.25) is 0 Å². The molecule has 0 N–H and O–H groups in total. The number of ketones is 1. The number of methoxy groups -OCH3 is 1. The van der Waals surface area contributed by atoms with Crippen LogP contribution in [0.15, 0.2) is 29.3 Å². The molecule has 1 saturated heterocycles. The Morgan fingerprint density at radius 3 is 2.59 bits per heavy atom. The lowest BCUT2D eigenvalue weighted by Gasteiger charge is -2.32. The molecule has 3 amide bonds. The van der Waals surface area contributed by atoms with Gasteiger partial charge in [-0.25, -0.2) is 9.36 Å². The fourth-order valence-corrected chi connectivity index (χ4v) is 3.91. The molecular weight excluding hydrogens is 374 g/mol. The Labute approximate surface area is 167 Å². The fourth-order valence-electron chi connectivity index (χ4n) is 3.91. The topological polar surface area (TPSA) is 88.1 Å². The molecule has 0 aliphatic carbocycles. The number of carbonyl (C=O) groups is 3. The third-order valence-corrected chi connectivity index (χ3v) is 5.42. The largest absolute Gasteiger partial charge is 0.493 e. The molecular formula is C20H22N5O4+. The van der Waals surface area contributed by atoms with Crippen LogP contribution in [0.3, 0.4) is 0 Å². The number of amidine groups is 1. The summed E-state index contributed by atoms with van der Waals surface area (Å²) in [5.41, 5.74) is 2.53. The van der Waals surface area contributed by atoms with E-state index in [-0.39, 0.29) is 12.3 Å². The number of carbonyl (C=O) groups excluding carboxylic acids is 3. The molecule has 4 rings (SSSR count). The predicted molar refractivity (Wildman–Crippen MR) is 104 cm³/mol. The van der Waals surface area contributed by atoms with Crippen LogP contribution in [0.1, 0.15) is 24.4 Å². The van der Waals surface area contributed by atoms with Crippen molar-refractivity contribution in [2.45, 2.75) is 26.8 Å². The molecule has 0 bridgehead atoms. The van der Waals surface area contributed by atoms with Gasteiger partial charge in [-0.3, -0.25) is 19.4 Å². The molecule has 0 spiro atoms. The van der Waals surface area contributed by atoms with Crippen molar-refractivity contribution in [1.29, 1.82) is 0 Å². The zero-order valence-electron chi connectivity index (χ0n) is 17.0. The number of imidazole rings is 1. The smallest absolute Gasteiger partial charge is 0.407 e. The van der Waals surface area contributed by atoms with Gasteiger partial charge in [0.2, 0.25) is 11.9 Å². The summed E-state index contributed by atoms with van der Waals surface area (Å²) in [6.45, 7) is 4.94. The first-order valence-electron chi connectivity index (χ1n) is 9.21. The van der Waals surface area contributed by atoms with Gasteiger partial charge in [0.05, 0.1) is 13.7 Å². The highest BCUT2D eigenvalue weighted by Crippen LogP contribution is 2.35. The molecule has 2 aliphatic rings. The maximum Gasteiger partial charge on any atom is 0.407 e. The standard InChI is InChI=1S/C20H22N5O4/c1-11(26)10-23-18(27)16-17(22(4)20(23)28)21-19-24(12(2)13(3)25(16)19)14-8-6-7-9-15(14)29-5/h6-9,16H,10H2,1-5H3/q+1. The van der Waals surface area contributed by atoms with E-state index in [1.807, 2.05) is 47.2 Å². The SMILES string of the molecule is COc1ccccc1-n1c(C)c(C)[n+]2c1N=C1C2C(=O)N(CC(C)=O)C(=O)N1C. The van der Waals surface area contributed by atoms with Gasteiger partial charge in [-0.1, -0.05) is 17.1 Å². The molecule has 0 radical (unpaired) electrons. The second-order valence-corrected chi connectivity index (χ2v) is 7.19. The Kier molecular flexibility index (Phi) is 4.25. The van der Waals surface area contributed by atoms with E-state index in [1.165, 1.54) is 11.8 Å². The third-order valence-electron chi connectivity index (χ3n) is 5.42. The maximum atomic E-state index is 13.2. The van der Waals surface area contributed by atoms with E-state index in [9.17, 15) is 14.4 Å². The lowest BCUT2D eigenvalue weighted by molar-refractivity contribution is -0.682. The number of hydrogen-bond acceptors (Lipinski definition) is 5. The van der Waals surface area contributed by atoms with Crippen LogP contribution in [0.4, 0.5) is 10.7 Å². The Morgan fingerprint density at radius 2 is 1.93 bits per heavy atom. The number of nitrogens with zero attached hydrogens (tertiary/aromatic N) is 5. The Balaban J connectivity index is 1.92. The van der Waals surface area contributed by atoms with Gasteiger partial charge in [0.25, 0.3) is 5.91 Å². The lowest BCUT2D eigenvalue weighted by Crippen LogP contribution is -2.63. The highest BCUT2D eigenvalue weighted by atomic mass is 16.5. The number of amides is 3. The Morgan fingerprint density at radius 1 is 1.24 bits per heavy atom. The number of likely N-dealkylation sites (N-methyl/N-ethyl adjacent to an activating group) is 1. The van der Waals surface area contributed by atoms with Crippen LogP contribution in [0.5, 0.6) is 5.75 Å². The molecule has 9 nitrogen and oxygen atoms in total. The number of ether oxygens (including phenoxy) is 1. The van der Waals surface area contributed by atoms with Crippen molar-refractivity contribution in [3.8, 4) is 11.4 Å². The van der Waals surface area contributed by atoms with Gasteiger partial charge in [-0.05, 0) is 32.9 Å². The molecule has 1 aromatic carbocycles. The zero-order valence-corrected chi connectivity index (χ0v) is 17.0. The normalized spacial score (nSPS) is 18.0. The highest BCUT2D eigenvalue weighted by Gasteiger charge is 2.54. The predicted octanol–water partition coefficient (Wildman–Crippen LogP) is 1.46. The van der Waals surface area contributed by atoms with Gasteiger partial charge in [-0.2, -0.15) is 4.57 Å². The van der Waals surface area contributed by atoms with Crippen molar-refractivity contribution in [3.63, 3.8) is 0 Å². The van der Waals surface area contributed by atoms with E-state index in [2.05, 4.69) is 4.99 Å². The molecule has 1 unspecified atom stereocenters. The summed E-state index contributed by atoms with van der Waals surface area (Å²) in [6.07, 6.45) is 0. The van der Waals surface area contributed by atoms with Crippen LogP contribution in [-0.4, -0.2) is 58.6 Å². The first-order valence-corrected chi connectivity index (χ1v) is 9.21. The monoisotopic (exact) mass is 396 g/mol. The Hall–Kier alpha value is -3.49. The Bertz CT molecular complexity index is 1100. The number of imide groups is 1. The molecule has 1 fully saturated rings. The number of urea groups is 1. The number of fused-ring (bicyclic) bond motifs is 3. The fraction of sp³-hybridized carbons (Fsp3) is 0.350. The van der Waals surface area contributed by atoms with Gasteiger partial charge in [0, 0.05) is 7.05 Å². The number of rotatable bonds is 4. The number of aliphatic imine (C=N–C) groups is 1. The molecule has 2 aliphatic heterocycles. The van der Waals surface area contributed by atoms with Crippen molar-refractivity contribution >= 4 is 29.5 Å². The van der Waals surface area contributed by atoms with Gasteiger partial charge < -0.3 is 4.74 Å². The number of aromatic nitrogens is 2.